The van der Waals surface area contributed by atoms with Crippen molar-refractivity contribution in [3.63, 3.8) is 0 Å². The average molecular weight is 475 g/mol. The van der Waals surface area contributed by atoms with Gasteiger partial charge in [0.15, 0.2) is 0 Å². The fourth-order valence-electron chi connectivity index (χ4n) is 5.64. The van der Waals surface area contributed by atoms with Crippen LogP contribution < -0.4 is 4.90 Å². The highest BCUT2D eigenvalue weighted by Gasteiger charge is 2.30. The summed E-state index contributed by atoms with van der Waals surface area (Å²) in [4.78, 5) is 12.2. The maximum Gasteiger partial charge on any atom is 0.128 e. The molecule has 5 nitrogen and oxygen atoms in total. The lowest BCUT2D eigenvalue weighted by atomic mass is 9.91. The Hall–Kier alpha value is -3.75. The normalized spacial score (nSPS) is 19.9. The summed E-state index contributed by atoms with van der Waals surface area (Å²) in [5.74, 6) is 1.56. The van der Waals surface area contributed by atoms with Gasteiger partial charge in [-0.2, -0.15) is 5.26 Å². The second-order valence-corrected chi connectivity index (χ2v) is 10.3. The van der Waals surface area contributed by atoms with Crippen LogP contribution in [0.1, 0.15) is 49.3 Å². The average Bonchev–Trinajstić information content (AvgIpc) is 3.72. The maximum atomic E-state index is 9.28. The van der Waals surface area contributed by atoms with Crippen molar-refractivity contribution in [1.82, 2.24) is 9.97 Å². The zero-order chi connectivity index (χ0) is 24.8. The number of morpholine rings is 1. The van der Waals surface area contributed by atoms with E-state index in [2.05, 4.69) is 62.1 Å². The van der Waals surface area contributed by atoms with Gasteiger partial charge in [-0.1, -0.05) is 24.3 Å². The van der Waals surface area contributed by atoms with E-state index in [9.17, 15) is 5.26 Å². The highest BCUT2D eigenvalue weighted by molar-refractivity contribution is 5.99. The van der Waals surface area contributed by atoms with Gasteiger partial charge in [-0.15, -0.1) is 0 Å². The molecule has 36 heavy (non-hydrogen) atoms. The first-order valence-corrected chi connectivity index (χ1v) is 12.8. The van der Waals surface area contributed by atoms with Crippen molar-refractivity contribution < 1.29 is 4.74 Å². The van der Waals surface area contributed by atoms with Gasteiger partial charge in [-0.25, -0.2) is 4.98 Å². The van der Waals surface area contributed by atoms with Crippen LogP contribution in [0, 0.1) is 18.3 Å². The van der Waals surface area contributed by atoms with Crippen molar-refractivity contribution >= 4 is 16.7 Å². The van der Waals surface area contributed by atoms with Crippen molar-refractivity contribution in [2.45, 2.75) is 51.7 Å². The van der Waals surface area contributed by atoms with E-state index in [0.29, 0.717) is 11.5 Å². The molecule has 2 unspecified atom stereocenters. The smallest absolute Gasteiger partial charge is 0.128 e. The Kier molecular flexibility index (Phi) is 5.70. The molecule has 0 N–H and O–H groups in total. The van der Waals surface area contributed by atoms with Gasteiger partial charge in [0.25, 0.3) is 0 Å². The van der Waals surface area contributed by atoms with Gasteiger partial charge >= 0.3 is 0 Å². The van der Waals surface area contributed by atoms with E-state index >= 15 is 0 Å². The molecule has 2 aromatic heterocycles. The Morgan fingerprint density at radius 3 is 2.39 bits per heavy atom. The van der Waals surface area contributed by atoms with E-state index in [1.54, 1.807) is 0 Å². The quantitative estimate of drug-likeness (QED) is 0.332. The van der Waals surface area contributed by atoms with Gasteiger partial charge in [0, 0.05) is 47.6 Å². The molecule has 2 aromatic carbocycles. The Bertz CT molecular complexity index is 1470. The van der Waals surface area contributed by atoms with E-state index in [4.69, 9.17) is 14.7 Å². The van der Waals surface area contributed by atoms with E-state index < -0.39 is 0 Å². The summed E-state index contributed by atoms with van der Waals surface area (Å²) in [6.45, 7) is 8.02. The van der Waals surface area contributed by atoms with E-state index in [1.807, 2.05) is 30.6 Å². The van der Waals surface area contributed by atoms with E-state index in [1.165, 1.54) is 29.4 Å². The summed E-state index contributed by atoms with van der Waals surface area (Å²) >= 11 is 0. The number of rotatable bonds is 4. The first-order valence-electron chi connectivity index (χ1n) is 12.8. The Balaban J connectivity index is 1.42. The second-order valence-electron chi connectivity index (χ2n) is 10.3. The molecule has 3 heterocycles. The van der Waals surface area contributed by atoms with Crippen LogP contribution in [0.5, 0.6) is 0 Å². The summed E-state index contributed by atoms with van der Waals surface area (Å²) in [5.41, 5.74) is 8.72. The summed E-state index contributed by atoms with van der Waals surface area (Å²) < 4.78 is 5.89. The number of anilines is 1. The zero-order valence-corrected chi connectivity index (χ0v) is 21.0. The highest BCUT2D eigenvalue weighted by atomic mass is 16.5. The fourth-order valence-corrected chi connectivity index (χ4v) is 5.64. The van der Waals surface area contributed by atoms with Crippen LogP contribution in [-0.4, -0.2) is 35.3 Å². The number of para-hydroxylation sites is 1. The van der Waals surface area contributed by atoms with Crippen molar-refractivity contribution in [1.29, 1.82) is 5.26 Å². The molecule has 180 valence electrons. The van der Waals surface area contributed by atoms with Crippen LogP contribution >= 0.6 is 0 Å². The molecule has 2 atom stereocenters. The number of benzene rings is 2. The molecule has 4 aromatic rings. The van der Waals surface area contributed by atoms with Crippen molar-refractivity contribution in [2.24, 2.45) is 0 Å². The van der Waals surface area contributed by atoms with Crippen molar-refractivity contribution in [3.05, 3.63) is 77.6 Å². The minimum Gasteiger partial charge on any atom is -0.372 e. The third-order valence-electron chi connectivity index (χ3n) is 7.37. The lowest BCUT2D eigenvalue weighted by Crippen LogP contribution is -2.45. The molecule has 0 bridgehead atoms. The van der Waals surface area contributed by atoms with Gasteiger partial charge < -0.3 is 9.64 Å². The molecule has 5 heteroatoms. The first kappa shape index (κ1) is 22.7. The Labute approximate surface area is 212 Å². The minimum atomic E-state index is 0.204. The van der Waals surface area contributed by atoms with Gasteiger partial charge in [0.2, 0.25) is 0 Å². The predicted molar refractivity (Wildman–Crippen MR) is 144 cm³/mol. The summed E-state index contributed by atoms with van der Waals surface area (Å²) in [6, 6.07) is 18.9. The van der Waals surface area contributed by atoms with Crippen LogP contribution in [0.4, 0.5) is 5.82 Å². The Morgan fingerprint density at radius 1 is 0.917 bits per heavy atom. The monoisotopic (exact) mass is 474 g/mol. The molecule has 0 spiro atoms. The molecule has 1 saturated heterocycles. The molecule has 0 radical (unpaired) electrons. The lowest BCUT2D eigenvalue weighted by molar-refractivity contribution is -0.00545. The molecule has 1 aliphatic carbocycles. The number of nitrogens with zero attached hydrogens (tertiary/aromatic N) is 4. The number of aryl methyl sites for hydroxylation is 1. The predicted octanol–water partition coefficient (Wildman–Crippen LogP) is 6.63. The van der Waals surface area contributed by atoms with Crippen molar-refractivity contribution in [2.75, 3.05) is 18.0 Å². The number of nitriles is 1. The number of ether oxygens (including phenoxy) is 1. The summed E-state index contributed by atoms with van der Waals surface area (Å²) in [6.07, 6.45) is 6.87. The highest BCUT2D eigenvalue weighted by Crippen LogP contribution is 2.48. The molecule has 6 rings (SSSR count). The maximum absolute atomic E-state index is 9.28. The third kappa shape index (κ3) is 4.12. The van der Waals surface area contributed by atoms with Gasteiger partial charge in [0.05, 0.1) is 29.4 Å². The molecule has 2 fully saturated rings. The van der Waals surface area contributed by atoms with Crippen molar-refractivity contribution in [3.8, 4) is 28.3 Å². The molecule has 1 aliphatic heterocycles. The number of aromatic nitrogens is 2. The van der Waals surface area contributed by atoms with Crippen LogP contribution in [0.2, 0.25) is 0 Å². The molecule has 0 amide bonds. The second kappa shape index (κ2) is 9.04. The largest absolute Gasteiger partial charge is 0.372 e. The fraction of sp³-hybridized carbons (Fsp3) is 0.323. The molecular formula is C31H30N4O. The SMILES string of the molecule is Cc1cc(C#N)ccc1-c1cccc2c(C3CC3)c(-c3ccc(N4CC(C)OC(C)C4)nc3)cnc12. The van der Waals surface area contributed by atoms with Gasteiger partial charge in [-0.3, -0.25) is 4.98 Å². The lowest BCUT2D eigenvalue weighted by Gasteiger charge is -2.36. The number of pyridine rings is 2. The van der Waals surface area contributed by atoms with Crippen LogP contribution in [0.15, 0.2) is 60.9 Å². The van der Waals surface area contributed by atoms with Crippen LogP contribution in [-0.2, 0) is 4.74 Å². The summed E-state index contributed by atoms with van der Waals surface area (Å²) in [5, 5.41) is 10.5. The van der Waals surface area contributed by atoms with E-state index in [0.717, 1.165) is 46.7 Å². The minimum absolute atomic E-state index is 0.204. The molecule has 1 saturated carbocycles. The number of fused-ring (bicyclic) bond motifs is 1. The first-order chi connectivity index (χ1) is 17.5. The standard InChI is InChI=1S/C31H30N4O/c1-19-13-22(14-32)7-11-25(19)26-5-4-6-27-30(23-8-9-23)28(16-34-31(26)27)24-10-12-29(33-15-24)35-17-20(2)36-21(3)18-35/h4-7,10-13,15-16,20-21,23H,8-9,17-18H2,1-3H3. The van der Waals surface area contributed by atoms with Crippen LogP contribution in [0.25, 0.3) is 33.2 Å². The van der Waals surface area contributed by atoms with Gasteiger partial charge in [0.1, 0.15) is 5.82 Å². The zero-order valence-electron chi connectivity index (χ0n) is 21.0. The number of hydrogen-bond donors (Lipinski definition) is 0. The summed E-state index contributed by atoms with van der Waals surface area (Å²) in [7, 11) is 0. The van der Waals surface area contributed by atoms with Gasteiger partial charge in [-0.05, 0) is 80.5 Å². The number of hydrogen-bond acceptors (Lipinski definition) is 5. The molecule has 2 aliphatic rings. The molecular weight excluding hydrogens is 444 g/mol. The topological polar surface area (TPSA) is 62.0 Å². The van der Waals surface area contributed by atoms with Crippen LogP contribution in [0.3, 0.4) is 0 Å². The van der Waals surface area contributed by atoms with E-state index in [-0.39, 0.29) is 12.2 Å². The Morgan fingerprint density at radius 2 is 1.72 bits per heavy atom. The third-order valence-corrected chi connectivity index (χ3v) is 7.37.